The van der Waals surface area contributed by atoms with E-state index in [1.165, 1.54) is 0 Å². The van der Waals surface area contributed by atoms with Crippen LogP contribution in [0.25, 0.3) is 0 Å². The number of aromatic nitrogens is 1. The maximum Gasteiger partial charge on any atom is 0.245 e. The molecule has 1 saturated heterocycles. The molecule has 0 spiro atoms. The second-order valence-electron chi connectivity index (χ2n) is 5.42. The summed E-state index contributed by atoms with van der Waals surface area (Å²) in [6.45, 7) is 7.35. The normalized spacial score (nSPS) is 18.9. The van der Waals surface area contributed by atoms with Gasteiger partial charge in [0, 0.05) is 12.6 Å². The molecule has 0 bridgehead atoms. The molecule has 2 heterocycles. The molecule has 0 saturated carbocycles. The van der Waals surface area contributed by atoms with Gasteiger partial charge in [0.15, 0.2) is 0 Å². The van der Waals surface area contributed by atoms with Gasteiger partial charge in [-0.05, 0) is 42.3 Å². The molecule has 116 valence electrons. The SMILES string of the molecule is Cc1c(N)cnc(N2CCOCC2C(=O)NC(C)C)c1Br. The quantitative estimate of drug-likeness (QED) is 0.856. The van der Waals surface area contributed by atoms with Gasteiger partial charge in [-0.2, -0.15) is 0 Å². The summed E-state index contributed by atoms with van der Waals surface area (Å²) in [6.07, 6.45) is 1.63. The Morgan fingerprint density at radius 2 is 2.33 bits per heavy atom. The number of hydrogen-bond acceptors (Lipinski definition) is 5. The average Bonchev–Trinajstić information content (AvgIpc) is 2.44. The second kappa shape index (κ2) is 6.62. The summed E-state index contributed by atoms with van der Waals surface area (Å²) in [7, 11) is 0. The summed E-state index contributed by atoms with van der Waals surface area (Å²) in [5, 5.41) is 2.93. The lowest BCUT2D eigenvalue weighted by Crippen LogP contribution is -2.55. The van der Waals surface area contributed by atoms with E-state index in [0.29, 0.717) is 25.4 Å². The van der Waals surface area contributed by atoms with Crippen molar-refractivity contribution in [3.8, 4) is 0 Å². The maximum absolute atomic E-state index is 12.4. The largest absolute Gasteiger partial charge is 0.397 e. The highest BCUT2D eigenvalue weighted by atomic mass is 79.9. The monoisotopic (exact) mass is 356 g/mol. The molecule has 1 aromatic heterocycles. The molecular formula is C14H21BrN4O2. The predicted molar refractivity (Wildman–Crippen MR) is 86.3 cm³/mol. The third-order valence-electron chi connectivity index (χ3n) is 3.42. The van der Waals surface area contributed by atoms with Crippen molar-refractivity contribution >= 4 is 33.3 Å². The predicted octanol–water partition coefficient (Wildman–Crippen LogP) is 1.46. The number of rotatable bonds is 3. The zero-order valence-electron chi connectivity index (χ0n) is 12.5. The summed E-state index contributed by atoms with van der Waals surface area (Å²) >= 11 is 3.54. The molecule has 1 amide bonds. The van der Waals surface area contributed by atoms with Crippen molar-refractivity contribution in [3.63, 3.8) is 0 Å². The number of nitrogens with zero attached hydrogens (tertiary/aromatic N) is 2. The van der Waals surface area contributed by atoms with E-state index in [1.807, 2.05) is 25.7 Å². The van der Waals surface area contributed by atoms with Crippen LogP contribution in [0, 0.1) is 6.92 Å². The van der Waals surface area contributed by atoms with E-state index >= 15 is 0 Å². The average molecular weight is 357 g/mol. The van der Waals surface area contributed by atoms with Crippen molar-refractivity contribution in [1.82, 2.24) is 10.3 Å². The lowest BCUT2D eigenvalue weighted by Gasteiger charge is -2.36. The van der Waals surface area contributed by atoms with Gasteiger partial charge in [-0.25, -0.2) is 4.98 Å². The number of carbonyl (C=O) groups is 1. The first-order valence-electron chi connectivity index (χ1n) is 6.97. The highest BCUT2D eigenvalue weighted by Crippen LogP contribution is 2.32. The Bertz CT molecular complexity index is 536. The van der Waals surface area contributed by atoms with Crippen LogP contribution < -0.4 is 16.0 Å². The molecule has 1 unspecified atom stereocenters. The second-order valence-corrected chi connectivity index (χ2v) is 6.22. The van der Waals surface area contributed by atoms with Crippen LogP contribution in [0.15, 0.2) is 10.7 Å². The first-order valence-corrected chi connectivity index (χ1v) is 7.76. The van der Waals surface area contributed by atoms with Gasteiger partial charge in [0.1, 0.15) is 11.9 Å². The number of pyridine rings is 1. The van der Waals surface area contributed by atoms with Crippen LogP contribution >= 0.6 is 15.9 Å². The van der Waals surface area contributed by atoms with Crippen LogP contribution in [0.1, 0.15) is 19.4 Å². The van der Waals surface area contributed by atoms with Crippen LogP contribution in [0.4, 0.5) is 11.5 Å². The zero-order valence-corrected chi connectivity index (χ0v) is 14.1. The molecular weight excluding hydrogens is 336 g/mol. The van der Waals surface area contributed by atoms with E-state index < -0.39 is 0 Å². The van der Waals surface area contributed by atoms with E-state index in [4.69, 9.17) is 10.5 Å². The summed E-state index contributed by atoms with van der Waals surface area (Å²) in [5.74, 6) is 0.682. The fraction of sp³-hybridized carbons (Fsp3) is 0.571. The van der Waals surface area contributed by atoms with Crippen molar-refractivity contribution in [2.45, 2.75) is 32.9 Å². The minimum Gasteiger partial charge on any atom is -0.397 e. The fourth-order valence-electron chi connectivity index (χ4n) is 2.23. The Kier molecular flexibility index (Phi) is 5.05. The lowest BCUT2D eigenvalue weighted by atomic mass is 10.1. The Balaban J connectivity index is 2.31. The van der Waals surface area contributed by atoms with Gasteiger partial charge < -0.3 is 20.7 Å². The Morgan fingerprint density at radius 3 is 3.00 bits per heavy atom. The molecule has 7 heteroatoms. The van der Waals surface area contributed by atoms with Gasteiger partial charge in [0.25, 0.3) is 0 Å². The van der Waals surface area contributed by atoms with Crippen molar-refractivity contribution in [3.05, 3.63) is 16.2 Å². The number of nitrogens with two attached hydrogens (primary N) is 1. The van der Waals surface area contributed by atoms with Gasteiger partial charge in [-0.3, -0.25) is 4.79 Å². The standard InChI is InChI=1S/C14H21BrN4O2/c1-8(2)18-14(20)11-7-21-5-4-19(11)13-12(15)9(3)10(16)6-17-13/h6,8,11H,4-5,7,16H2,1-3H3,(H,18,20). The number of morpholine rings is 1. The summed E-state index contributed by atoms with van der Waals surface area (Å²) in [5.41, 5.74) is 7.42. The molecule has 1 aliphatic rings. The summed E-state index contributed by atoms with van der Waals surface area (Å²) in [4.78, 5) is 18.7. The fourth-order valence-corrected chi connectivity index (χ4v) is 2.79. The van der Waals surface area contributed by atoms with Crippen LogP contribution in [0.5, 0.6) is 0 Å². The zero-order chi connectivity index (χ0) is 15.6. The molecule has 0 radical (unpaired) electrons. The number of carbonyl (C=O) groups excluding carboxylic acids is 1. The molecule has 1 aliphatic heterocycles. The summed E-state index contributed by atoms with van der Waals surface area (Å²) in [6, 6.07) is -0.293. The van der Waals surface area contributed by atoms with Gasteiger partial charge in [0.2, 0.25) is 5.91 Å². The molecule has 1 fully saturated rings. The van der Waals surface area contributed by atoms with Crippen LogP contribution in [-0.2, 0) is 9.53 Å². The molecule has 0 aliphatic carbocycles. The minimum atomic E-state index is -0.382. The number of halogens is 1. The van der Waals surface area contributed by atoms with Crippen molar-refractivity contribution < 1.29 is 9.53 Å². The van der Waals surface area contributed by atoms with Crippen LogP contribution in [-0.4, -0.2) is 42.7 Å². The van der Waals surface area contributed by atoms with Gasteiger partial charge in [0.05, 0.1) is 29.6 Å². The molecule has 1 atom stereocenters. The minimum absolute atomic E-state index is 0.0483. The molecule has 21 heavy (non-hydrogen) atoms. The maximum atomic E-state index is 12.4. The van der Waals surface area contributed by atoms with Crippen molar-refractivity contribution in [2.75, 3.05) is 30.4 Å². The smallest absolute Gasteiger partial charge is 0.245 e. The van der Waals surface area contributed by atoms with Gasteiger partial charge in [-0.15, -0.1) is 0 Å². The van der Waals surface area contributed by atoms with E-state index in [2.05, 4.69) is 26.2 Å². The third-order valence-corrected chi connectivity index (χ3v) is 4.37. The molecule has 0 aromatic carbocycles. The van der Waals surface area contributed by atoms with E-state index in [9.17, 15) is 4.79 Å². The van der Waals surface area contributed by atoms with Gasteiger partial charge >= 0.3 is 0 Å². The Morgan fingerprint density at radius 1 is 1.62 bits per heavy atom. The molecule has 1 aromatic rings. The van der Waals surface area contributed by atoms with Crippen molar-refractivity contribution in [1.29, 1.82) is 0 Å². The number of amides is 1. The first-order chi connectivity index (χ1) is 9.91. The highest BCUT2D eigenvalue weighted by molar-refractivity contribution is 9.10. The topological polar surface area (TPSA) is 80.5 Å². The van der Waals surface area contributed by atoms with Crippen LogP contribution in [0.3, 0.4) is 0 Å². The number of hydrogen-bond donors (Lipinski definition) is 2. The van der Waals surface area contributed by atoms with E-state index in [1.54, 1.807) is 6.20 Å². The number of ether oxygens (including phenoxy) is 1. The molecule has 2 rings (SSSR count). The van der Waals surface area contributed by atoms with Gasteiger partial charge in [-0.1, -0.05) is 0 Å². The third kappa shape index (κ3) is 3.47. The van der Waals surface area contributed by atoms with E-state index in [-0.39, 0.29) is 18.0 Å². The number of nitrogens with one attached hydrogen (secondary N) is 1. The number of nitrogen functional groups attached to an aromatic ring is 1. The number of anilines is 2. The highest BCUT2D eigenvalue weighted by Gasteiger charge is 2.32. The molecule has 3 N–H and O–H groups in total. The van der Waals surface area contributed by atoms with Crippen molar-refractivity contribution in [2.24, 2.45) is 0 Å². The Hall–Kier alpha value is -1.34. The Labute approximate surface area is 133 Å². The summed E-state index contributed by atoms with van der Waals surface area (Å²) < 4.78 is 6.29. The lowest BCUT2D eigenvalue weighted by molar-refractivity contribution is -0.125. The first kappa shape index (κ1) is 16.0. The van der Waals surface area contributed by atoms with Crippen LogP contribution in [0.2, 0.25) is 0 Å². The van der Waals surface area contributed by atoms with E-state index in [0.717, 1.165) is 15.9 Å². The molecule has 6 nitrogen and oxygen atoms in total.